The average Bonchev–Trinajstić information content (AvgIpc) is 2.88. The molecule has 1 aliphatic heterocycles. The van der Waals surface area contributed by atoms with Gasteiger partial charge in [-0.2, -0.15) is 0 Å². The van der Waals surface area contributed by atoms with Crippen molar-refractivity contribution < 1.29 is 14.3 Å². The topological polar surface area (TPSA) is 112 Å². The molecule has 2 heterocycles. The van der Waals surface area contributed by atoms with Gasteiger partial charge in [0.1, 0.15) is 17.4 Å². The normalized spacial score (nSPS) is 18.1. The molecule has 1 saturated heterocycles. The van der Waals surface area contributed by atoms with Crippen molar-refractivity contribution in [1.29, 1.82) is 0 Å². The second-order valence-electron chi connectivity index (χ2n) is 4.61. The first-order valence-corrected chi connectivity index (χ1v) is 6.53. The molecular formula is C13H18N4O3. The zero-order chi connectivity index (χ0) is 14.7. The fraction of sp³-hybridized carbons (Fsp3) is 0.462. The van der Waals surface area contributed by atoms with Gasteiger partial charge in [0.05, 0.1) is 18.5 Å². The van der Waals surface area contributed by atoms with Crippen molar-refractivity contribution in [2.24, 2.45) is 5.73 Å². The predicted molar refractivity (Wildman–Crippen MR) is 74.2 cm³/mol. The van der Waals surface area contributed by atoms with Crippen LogP contribution in [0.25, 0.3) is 0 Å². The SMILES string of the molecule is CCOC(=O)c1cc(N)cnc1N1CCCC1C(N)=O. The molecule has 0 aliphatic carbocycles. The minimum absolute atomic E-state index is 0.256. The van der Waals surface area contributed by atoms with E-state index < -0.39 is 17.9 Å². The summed E-state index contributed by atoms with van der Waals surface area (Å²) in [4.78, 5) is 29.4. The number of anilines is 2. The van der Waals surface area contributed by atoms with Crippen molar-refractivity contribution in [3.8, 4) is 0 Å². The number of carbonyl (C=O) groups is 2. The fourth-order valence-corrected chi connectivity index (χ4v) is 2.38. The van der Waals surface area contributed by atoms with Gasteiger partial charge in [0.15, 0.2) is 0 Å². The van der Waals surface area contributed by atoms with E-state index in [2.05, 4.69) is 4.98 Å². The van der Waals surface area contributed by atoms with E-state index in [1.807, 2.05) is 0 Å². The zero-order valence-electron chi connectivity index (χ0n) is 11.3. The first-order chi connectivity index (χ1) is 9.54. The van der Waals surface area contributed by atoms with E-state index in [9.17, 15) is 9.59 Å². The number of primary amides is 1. The van der Waals surface area contributed by atoms with Crippen LogP contribution in [0, 0.1) is 0 Å². The summed E-state index contributed by atoms with van der Waals surface area (Å²) < 4.78 is 5.00. The Kier molecular flexibility index (Phi) is 4.07. The van der Waals surface area contributed by atoms with Gasteiger partial charge >= 0.3 is 5.97 Å². The van der Waals surface area contributed by atoms with Crippen LogP contribution in [0.2, 0.25) is 0 Å². The van der Waals surface area contributed by atoms with E-state index in [0.29, 0.717) is 24.5 Å². The number of hydrogen-bond acceptors (Lipinski definition) is 6. The van der Waals surface area contributed by atoms with Crippen molar-refractivity contribution in [3.05, 3.63) is 17.8 Å². The van der Waals surface area contributed by atoms with Gasteiger partial charge in [-0.3, -0.25) is 4.79 Å². The molecule has 108 valence electrons. The lowest BCUT2D eigenvalue weighted by Gasteiger charge is -2.25. The van der Waals surface area contributed by atoms with Crippen molar-refractivity contribution in [3.63, 3.8) is 0 Å². The van der Waals surface area contributed by atoms with Crippen LogP contribution in [0.5, 0.6) is 0 Å². The monoisotopic (exact) mass is 278 g/mol. The number of esters is 1. The second kappa shape index (κ2) is 5.77. The molecule has 1 unspecified atom stereocenters. The van der Waals surface area contributed by atoms with E-state index in [1.165, 1.54) is 12.3 Å². The van der Waals surface area contributed by atoms with Crippen LogP contribution >= 0.6 is 0 Å². The van der Waals surface area contributed by atoms with Crippen molar-refractivity contribution in [2.75, 3.05) is 23.8 Å². The van der Waals surface area contributed by atoms with Gasteiger partial charge in [-0.25, -0.2) is 9.78 Å². The van der Waals surface area contributed by atoms with E-state index in [-0.39, 0.29) is 12.2 Å². The molecule has 1 fully saturated rings. The number of hydrogen-bond donors (Lipinski definition) is 2. The summed E-state index contributed by atoms with van der Waals surface area (Å²) in [6, 6.07) is 1.07. The van der Waals surface area contributed by atoms with Crippen LogP contribution < -0.4 is 16.4 Å². The molecule has 1 aliphatic rings. The van der Waals surface area contributed by atoms with Crippen LogP contribution in [0.4, 0.5) is 11.5 Å². The van der Waals surface area contributed by atoms with Gasteiger partial charge in [-0.1, -0.05) is 0 Å². The molecule has 7 nitrogen and oxygen atoms in total. The number of pyridine rings is 1. The maximum Gasteiger partial charge on any atom is 0.341 e. The van der Waals surface area contributed by atoms with Crippen LogP contribution in [-0.2, 0) is 9.53 Å². The largest absolute Gasteiger partial charge is 0.462 e. The summed E-state index contributed by atoms with van der Waals surface area (Å²) in [5, 5.41) is 0. The molecule has 0 spiro atoms. The summed E-state index contributed by atoms with van der Waals surface area (Å²) >= 11 is 0. The molecule has 1 amide bonds. The molecular weight excluding hydrogens is 260 g/mol. The average molecular weight is 278 g/mol. The first kappa shape index (κ1) is 14.1. The lowest BCUT2D eigenvalue weighted by Crippen LogP contribution is -2.41. The number of carbonyl (C=O) groups excluding carboxylic acids is 2. The third kappa shape index (κ3) is 2.66. The lowest BCUT2D eigenvalue weighted by atomic mass is 10.2. The number of aromatic nitrogens is 1. The number of rotatable bonds is 4. The number of amides is 1. The highest BCUT2D eigenvalue weighted by atomic mass is 16.5. The number of nitrogen functional groups attached to an aromatic ring is 1. The lowest BCUT2D eigenvalue weighted by molar-refractivity contribution is -0.119. The van der Waals surface area contributed by atoms with Crippen LogP contribution in [0.15, 0.2) is 12.3 Å². The Morgan fingerprint density at radius 1 is 1.55 bits per heavy atom. The van der Waals surface area contributed by atoms with Gasteiger partial charge in [0, 0.05) is 6.54 Å². The minimum Gasteiger partial charge on any atom is -0.462 e. The highest BCUT2D eigenvalue weighted by molar-refractivity contribution is 5.97. The first-order valence-electron chi connectivity index (χ1n) is 6.53. The number of ether oxygens (including phenoxy) is 1. The Morgan fingerprint density at radius 2 is 2.30 bits per heavy atom. The van der Waals surface area contributed by atoms with E-state index in [1.54, 1.807) is 11.8 Å². The highest BCUT2D eigenvalue weighted by Gasteiger charge is 2.32. The van der Waals surface area contributed by atoms with Crippen molar-refractivity contribution >= 4 is 23.4 Å². The number of nitrogens with zero attached hydrogens (tertiary/aromatic N) is 2. The summed E-state index contributed by atoms with van der Waals surface area (Å²) in [5.74, 6) is -0.521. The summed E-state index contributed by atoms with van der Waals surface area (Å²) in [6.07, 6.45) is 2.93. The molecule has 2 rings (SSSR count). The van der Waals surface area contributed by atoms with E-state index in [0.717, 1.165) is 6.42 Å². The van der Waals surface area contributed by atoms with Gasteiger partial charge in [0.25, 0.3) is 0 Å². The molecule has 0 saturated carbocycles. The summed E-state index contributed by atoms with van der Waals surface area (Å²) in [5.41, 5.74) is 11.7. The molecule has 0 bridgehead atoms. The second-order valence-corrected chi connectivity index (χ2v) is 4.61. The maximum absolute atomic E-state index is 12.0. The van der Waals surface area contributed by atoms with E-state index >= 15 is 0 Å². The molecule has 1 aromatic heterocycles. The van der Waals surface area contributed by atoms with Crippen LogP contribution in [-0.4, -0.2) is 36.1 Å². The van der Waals surface area contributed by atoms with Crippen LogP contribution in [0.3, 0.4) is 0 Å². The van der Waals surface area contributed by atoms with Crippen molar-refractivity contribution in [2.45, 2.75) is 25.8 Å². The zero-order valence-corrected chi connectivity index (χ0v) is 11.3. The van der Waals surface area contributed by atoms with Crippen molar-refractivity contribution in [1.82, 2.24) is 4.98 Å². The van der Waals surface area contributed by atoms with Gasteiger partial charge in [0.2, 0.25) is 5.91 Å². The third-order valence-electron chi connectivity index (χ3n) is 3.24. The smallest absolute Gasteiger partial charge is 0.341 e. The van der Waals surface area contributed by atoms with Gasteiger partial charge in [-0.05, 0) is 25.8 Å². The Hall–Kier alpha value is -2.31. The van der Waals surface area contributed by atoms with Crippen LogP contribution in [0.1, 0.15) is 30.1 Å². The molecule has 20 heavy (non-hydrogen) atoms. The predicted octanol–water partition coefficient (Wildman–Crippen LogP) is 0.295. The Balaban J connectivity index is 2.40. The van der Waals surface area contributed by atoms with Gasteiger partial charge in [-0.15, -0.1) is 0 Å². The molecule has 4 N–H and O–H groups in total. The molecule has 7 heteroatoms. The maximum atomic E-state index is 12.0. The van der Waals surface area contributed by atoms with E-state index in [4.69, 9.17) is 16.2 Å². The Bertz CT molecular complexity index is 532. The van der Waals surface area contributed by atoms with Gasteiger partial charge < -0.3 is 21.1 Å². The highest BCUT2D eigenvalue weighted by Crippen LogP contribution is 2.28. The molecule has 1 atom stereocenters. The molecule has 0 aromatic carbocycles. The summed E-state index contributed by atoms with van der Waals surface area (Å²) in [7, 11) is 0. The molecule has 1 aromatic rings. The minimum atomic E-state index is -0.502. The quantitative estimate of drug-likeness (QED) is 0.766. The standard InChI is InChI=1S/C13H18N4O3/c1-2-20-13(19)9-6-8(14)7-16-12(9)17-5-3-4-10(17)11(15)18/h6-7,10H,2-5,14H2,1H3,(H2,15,18). The Labute approximate surface area is 116 Å². The fourth-order valence-electron chi connectivity index (χ4n) is 2.38. The summed E-state index contributed by atoms with van der Waals surface area (Å²) in [6.45, 7) is 2.60. The third-order valence-corrected chi connectivity index (χ3v) is 3.24. The Morgan fingerprint density at radius 3 is 2.95 bits per heavy atom. The number of nitrogens with two attached hydrogens (primary N) is 2. The molecule has 0 radical (unpaired) electrons.